The Morgan fingerprint density at radius 1 is 0.926 bits per heavy atom. The van der Waals surface area contributed by atoms with E-state index < -0.39 is 11.9 Å². The van der Waals surface area contributed by atoms with Crippen LogP contribution in [0.5, 0.6) is 0 Å². The number of fused-ring (bicyclic) bond motifs is 6. The summed E-state index contributed by atoms with van der Waals surface area (Å²) in [6.07, 6.45) is 5.88. The summed E-state index contributed by atoms with van der Waals surface area (Å²) in [5.74, 6) is -0.0301. The van der Waals surface area contributed by atoms with Crippen molar-refractivity contribution in [3.8, 4) is 0 Å². The molecule has 0 aromatic rings. The second-order valence-corrected chi connectivity index (χ2v) is 7.59. The molecule has 6 fully saturated rings. The van der Waals surface area contributed by atoms with Gasteiger partial charge >= 0.3 is 11.9 Å². The summed E-state index contributed by atoms with van der Waals surface area (Å²) < 4.78 is 10.4. The summed E-state index contributed by atoms with van der Waals surface area (Å²) in [5, 5.41) is 0. The van der Waals surface area contributed by atoms with Crippen LogP contribution in [0, 0.1) is 11.8 Å². The number of esters is 2. The van der Waals surface area contributed by atoms with E-state index in [4.69, 9.17) is 9.47 Å². The van der Waals surface area contributed by atoms with E-state index >= 15 is 0 Å². The van der Waals surface area contributed by atoms with Gasteiger partial charge in [-0.25, -0.2) is 9.59 Å². The second kappa shape index (κ2) is 9.41. The molecule has 0 saturated carbocycles. The minimum absolute atomic E-state index is 0. The molecule has 8 heteroatoms. The average molecular weight is 419 g/mol. The SMILES string of the molecule is COC(=O)C(OC(=O)C=C1CN2CCC1CC2)=C1CN2CCC1CC2.Cl.Cl. The lowest BCUT2D eigenvalue weighted by Crippen LogP contribution is -2.44. The first-order chi connectivity index (χ1) is 12.1. The van der Waals surface area contributed by atoms with Crippen molar-refractivity contribution >= 4 is 36.8 Å². The number of hydrogen-bond acceptors (Lipinski definition) is 6. The number of hydrogen-bond donors (Lipinski definition) is 0. The lowest BCUT2D eigenvalue weighted by molar-refractivity contribution is -0.147. The van der Waals surface area contributed by atoms with Gasteiger partial charge in [0.2, 0.25) is 5.76 Å². The molecule has 0 unspecified atom stereocenters. The van der Waals surface area contributed by atoms with Gasteiger partial charge in [0.1, 0.15) is 0 Å². The number of ether oxygens (including phenoxy) is 2. The van der Waals surface area contributed by atoms with E-state index in [1.165, 1.54) is 7.11 Å². The zero-order chi connectivity index (χ0) is 17.4. The van der Waals surface area contributed by atoms with E-state index in [1.54, 1.807) is 6.08 Å². The number of carbonyl (C=O) groups excluding carboxylic acids is 2. The Labute approximate surface area is 172 Å². The zero-order valence-corrected chi connectivity index (χ0v) is 17.3. The van der Waals surface area contributed by atoms with Crippen LogP contribution in [0.15, 0.2) is 23.0 Å². The van der Waals surface area contributed by atoms with Crippen molar-refractivity contribution in [2.75, 3.05) is 46.4 Å². The Balaban J connectivity index is 0.00000131. The first-order valence-corrected chi connectivity index (χ1v) is 9.32. The minimum Gasteiger partial charge on any atom is -0.463 e. The normalized spacial score (nSPS) is 34.3. The van der Waals surface area contributed by atoms with Crippen molar-refractivity contribution in [1.29, 1.82) is 0 Å². The van der Waals surface area contributed by atoms with Crippen LogP contribution in [-0.2, 0) is 19.1 Å². The number of nitrogens with zero attached hydrogens (tertiary/aromatic N) is 2. The van der Waals surface area contributed by atoms with Gasteiger partial charge in [-0.1, -0.05) is 0 Å². The van der Waals surface area contributed by atoms with Gasteiger partial charge in [-0.05, 0) is 74.8 Å². The highest BCUT2D eigenvalue weighted by atomic mass is 35.5. The van der Waals surface area contributed by atoms with Crippen molar-refractivity contribution in [2.24, 2.45) is 11.8 Å². The predicted molar refractivity (Wildman–Crippen MR) is 106 cm³/mol. The van der Waals surface area contributed by atoms with Crippen LogP contribution in [0.3, 0.4) is 0 Å². The van der Waals surface area contributed by atoms with Crippen molar-refractivity contribution in [1.82, 2.24) is 9.80 Å². The molecule has 0 atom stereocenters. The van der Waals surface area contributed by atoms with Crippen LogP contribution in [-0.4, -0.2) is 68.1 Å². The highest BCUT2D eigenvalue weighted by Crippen LogP contribution is 2.35. The Hall–Kier alpha value is -1.08. The summed E-state index contributed by atoms with van der Waals surface area (Å²) in [5.41, 5.74) is 2.08. The molecule has 0 aliphatic carbocycles. The monoisotopic (exact) mass is 418 g/mol. The fourth-order valence-electron chi connectivity index (χ4n) is 4.69. The molecule has 0 radical (unpaired) electrons. The first-order valence-electron chi connectivity index (χ1n) is 9.32. The zero-order valence-electron chi connectivity index (χ0n) is 15.6. The summed E-state index contributed by atoms with van der Waals surface area (Å²) in [7, 11) is 1.34. The number of carbonyl (C=O) groups is 2. The lowest BCUT2D eigenvalue weighted by atomic mass is 9.83. The van der Waals surface area contributed by atoms with Crippen LogP contribution >= 0.6 is 24.8 Å². The van der Waals surface area contributed by atoms with E-state index in [-0.39, 0.29) is 30.6 Å². The van der Waals surface area contributed by atoms with Gasteiger partial charge in [-0.2, -0.15) is 0 Å². The van der Waals surface area contributed by atoms with E-state index in [0.29, 0.717) is 18.4 Å². The Morgan fingerprint density at radius 3 is 1.93 bits per heavy atom. The topological polar surface area (TPSA) is 59.1 Å². The second-order valence-electron chi connectivity index (χ2n) is 7.59. The van der Waals surface area contributed by atoms with Gasteiger partial charge < -0.3 is 9.47 Å². The Kier molecular flexibility index (Phi) is 7.74. The summed E-state index contributed by atoms with van der Waals surface area (Å²) in [6.45, 7) is 5.89. The third-order valence-corrected chi connectivity index (χ3v) is 6.16. The van der Waals surface area contributed by atoms with Gasteiger partial charge in [0.05, 0.1) is 7.11 Å². The molecule has 6 aliphatic rings. The van der Waals surface area contributed by atoms with Gasteiger partial charge in [-0.3, -0.25) is 9.80 Å². The summed E-state index contributed by atoms with van der Waals surface area (Å²) >= 11 is 0. The predicted octanol–water partition coefficient (Wildman–Crippen LogP) is 2.18. The highest BCUT2D eigenvalue weighted by Gasteiger charge is 2.36. The standard InChI is InChI=1S/C19H26N2O4.2ClH/c1-24-19(23)18(16-12-21-8-4-14(16)5-9-21)25-17(22)10-15-11-20-6-2-13(15)3-7-20;;/h10,13-14H,2-9,11-12H2,1H3;2*1H. The molecule has 0 spiro atoms. The van der Waals surface area contributed by atoms with Crippen LogP contribution in [0.4, 0.5) is 0 Å². The molecule has 152 valence electrons. The van der Waals surface area contributed by atoms with Crippen LogP contribution in [0.25, 0.3) is 0 Å². The third-order valence-electron chi connectivity index (χ3n) is 6.16. The molecule has 0 amide bonds. The molecule has 0 aromatic heterocycles. The van der Waals surface area contributed by atoms with Gasteiger partial charge in [0.15, 0.2) is 0 Å². The van der Waals surface area contributed by atoms with Crippen LogP contribution < -0.4 is 0 Å². The third kappa shape index (κ3) is 4.67. The van der Waals surface area contributed by atoms with Crippen molar-refractivity contribution in [2.45, 2.75) is 25.7 Å². The maximum atomic E-state index is 12.5. The van der Waals surface area contributed by atoms with Crippen molar-refractivity contribution in [3.05, 3.63) is 23.0 Å². The molecule has 6 nitrogen and oxygen atoms in total. The van der Waals surface area contributed by atoms with E-state index in [1.807, 2.05) is 0 Å². The maximum Gasteiger partial charge on any atom is 0.374 e. The molecule has 6 saturated heterocycles. The first kappa shape index (κ1) is 22.2. The lowest BCUT2D eigenvalue weighted by Gasteiger charge is -2.41. The fourth-order valence-corrected chi connectivity index (χ4v) is 4.69. The molecule has 6 heterocycles. The van der Waals surface area contributed by atoms with E-state index in [2.05, 4.69) is 9.80 Å². The van der Waals surface area contributed by atoms with Gasteiger partial charge in [-0.15, -0.1) is 24.8 Å². The minimum atomic E-state index is -0.538. The molecular formula is C19H28Cl2N2O4. The Morgan fingerprint density at radius 2 is 1.48 bits per heavy atom. The number of methoxy groups -OCH3 is 1. The molecule has 0 N–H and O–H groups in total. The number of piperidine rings is 6. The van der Waals surface area contributed by atoms with Gasteiger partial charge in [0, 0.05) is 19.2 Å². The largest absolute Gasteiger partial charge is 0.463 e. The quantitative estimate of drug-likeness (QED) is 0.397. The average Bonchev–Trinajstić information content (AvgIpc) is 2.67. The fraction of sp³-hybridized carbons (Fsp3) is 0.684. The summed E-state index contributed by atoms with van der Waals surface area (Å²) in [4.78, 5) is 29.4. The molecule has 6 aliphatic heterocycles. The van der Waals surface area contributed by atoms with Crippen LogP contribution in [0.1, 0.15) is 25.7 Å². The van der Waals surface area contributed by atoms with Crippen molar-refractivity contribution in [3.63, 3.8) is 0 Å². The highest BCUT2D eigenvalue weighted by molar-refractivity contribution is 5.93. The smallest absolute Gasteiger partial charge is 0.374 e. The maximum absolute atomic E-state index is 12.5. The number of rotatable bonds is 3. The number of halogens is 2. The molecule has 0 aromatic carbocycles. The Bertz CT molecular complexity index is 634. The summed E-state index contributed by atoms with van der Waals surface area (Å²) in [6, 6.07) is 0. The van der Waals surface area contributed by atoms with E-state index in [0.717, 1.165) is 69.6 Å². The molecule has 4 bridgehead atoms. The molecule has 6 rings (SSSR count). The van der Waals surface area contributed by atoms with E-state index in [9.17, 15) is 9.59 Å². The van der Waals surface area contributed by atoms with Crippen molar-refractivity contribution < 1.29 is 19.1 Å². The van der Waals surface area contributed by atoms with Crippen LogP contribution in [0.2, 0.25) is 0 Å². The molecular weight excluding hydrogens is 391 g/mol. The molecule has 27 heavy (non-hydrogen) atoms. The van der Waals surface area contributed by atoms with Gasteiger partial charge in [0.25, 0.3) is 0 Å².